The zero-order valence-electron chi connectivity index (χ0n) is 20.9. The Morgan fingerprint density at radius 2 is 1.48 bits per heavy atom. The predicted octanol–water partition coefficient (Wildman–Crippen LogP) is 3.84. The van der Waals surface area contributed by atoms with Crippen molar-refractivity contribution in [1.29, 1.82) is 0 Å². The van der Waals surface area contributed by atoms with E-state index in [1.165, 1.54) is 0 Å². The van der Waals surface area contributed by atoms with Crippen molar-refractivity contribution in [1.82, 2.24) is 10.2 Å². The molecule has 0 aromatic rings. The summed E-state index contributed by atoms with van der Waals surface area (Å²) in [6.07, 6.45) is 3.81. The van der Waals surface area contributed by atoms with Crippen molar-refractivity contribution in [3.05, 3.63) is 0 Å². The van der Waals surface area contributed by atoms with Gasteiger partial charge in [0.2, 0.25) is 11.8 Å². The molecule has 184 valence electrons. The molecule has 0 spiro atoms. The number of ether oxygens (including phenoxy) is 2. The Morgan fingerprint density at radius 1 is 0.935 bits per heavy atom. The molecule has 0 aromatic carbocycles. The van der Waals surface area contributed by atoms with E-state index >= 15 is 0 Å². The summed E-state index contributed by atoms with van der Waals surface area (Å²) in [5.74, 6) is 0.651. The van der Waals surface area contributed by atoms with Gasteiger partial charge in [0.05, 0.1) is 26.4 Å². The lowest BCUT2D eigenvalue weighted by Crippen LogP contribution is -2.39. The summed E-state index contributed by atoms with van der Waals surface area (Å²) in [4.78, 5) is 37.3. The molecule has 1 aliphatic rings. The minimum atomic E-state index is -0.00131. The number of amides is 2. The van der Waals surface area contributed by atoms with Crippen LogP contribution in [0, 0.1) is 11.8 Å². The van der Waals surface area contributed by atoms with E-state index in [1.54, 1.807) is 11.8 Å². The maximum atomic E-state index is 12.1. The molecule has 1 saturated carbocycles. The number of nitrogens with zero attached hydrogens (tertiary/aromatic N) is 1. The minimum Gasteiger partial charge on any atom is -0.379 e. The summed E-state index contributed by atoms with van der Waals surface area (Å²) >= 11 is 0. The number of rotatable bonds is 13. The maximum absolute atomic E-state index is 12.1. The lowest BCUT2D eigenvalue weighted by Gasteiger charge is -2.29. The van der Waals surface area contributed by atoms with E-state index < -0.39 is 0 Å². The molecule has 1 N–H and O–H groups in total. The van der Waals surface area contributed by atoms with E-state index in [0.717, 1.165) is 25.7 Å². The fraction of sp³-hybridized carbons (Fsp3) is 0.875. The quantitative estimate of drug-likeness (QED) is 0.436. The summed E-state index contributed by atoms with van der Waals surface area (Å²) < 4.78 is 11.0. The van der Waals surface area contributed by atoms with Gasteiger partial charge >= 0.3 is 0 Å². The van der Waals surface area contributed by atoms with Gasteiger partial charge in [-0.25, -0.2) is 0 Å². The monoisotopic (exact) mass is 444 g/mol. The largest absolute Gasteiger partial charge is 0.379 e. The predicted molar refractivity (Wildman–Crippen MR) is 126 cm³/mol. The van der Waals surface area contributed by atoms with Crippen LogP contribution in [0.25, 0.3) is 0 Å². The Morgan fingerprint density at radius 3 is 1.97 bits per heavy atom. The van der Waals surface area contributed by atoms with Crippen molar-refractivity contribution in [3.63, 3.8) is 0 Å². The van der Waals surface area contributed by atoms with E-state index in [2.05, 4.69) is 5.32 Å². The molecule has 0 aromatic heterocycles. The summed E-state index contributed by atoms with van der Waals surface area (Å²) in [5, 5.41) is 3.05. The number of Topliss-reactive ketones (excluding diaryl/α,β-unsaturated/α-hetero) is 1. The molecule has 0 aliphatic heterocycles. The topological polar surface area (TPSA) is 84.9 Å². The molecule has 1 rings (SSSR count). The van der Waals surface area contributed by atoms with E-state index in [1.807, 2.05) is 41.5 Å². The molecular formula is C24H48N2O5. The van der Waals surface area contributed by atoms with Crippen LogP contribution in [0.1, 0.15) is 82.0 Å². The first kappa shape index (κ1) is 29.5. The molecular weight excluding hydrogens is 396 g/mol. The van der Waals surface area contributed by atoms with E-state index in [4.69, 9.17) is 9.47 Å². The van der Waals surface area contributed by atoms with Gasteiger partial charge in [-0.05, 0) is 39.5 Å². The minimum absolute atomic E-state index is 0. The van der Waals surface area contributed by atoms with Gasteiger partial charge in [0.15, 0.2) is 0 Å². The molecule has 0 saturated heterocycles. The standard InChI is InChI=1S/C22H40N2O5.C2H6.H2/c1-16(2)22(27)19-6-8-20(9-7-19)23-21(26)10-12-28-14-15-29-13-11-24(17(3)4)18(5)25;1-2;/h16-17,19-20H,6-15H2,1-5H3,(H,23,26);1-2H3;1H. The number of ketones is 1. The number of carbonyl (C=O) groups is 3. The molecule has 0 unspecified atom stereocenters. The Labute approximate surface area is 191 Å². The summed E-state index contributed by atoms with van der Waals surface area (Å²) in [6, 6.07) is 0.337. The molecule has 0 heterocycles. The molecule has 7 nitrogen and oxygen atoms in total. The van der Waals surface area contributed by atoms with Gasteiger partial charge in [-0.1, -0.05) is 27.7 Å². The van der Waals surface area contributed by atoms with Crippen LogP contribution < -0.4 is 5.32 Å². The van der Waals surface area contributed by atoms with E-state index in [-0.39, 0.29) is 37.2 Å². The van der Waals surface area contributed by atoms with Crippen LogP contribution in [0.2, 0.25) is 0 Å². The highest BCUT2D eigenvalue weighted by Gasteiger charge is 2.28. The van der Waals surface area contributed by atoms with Crippen LogP contribution in [0.3, 0.4) is 0 Å². The van der Waals surface area contributed by atoms with Crippen LogP contribution in [0.5, 0.6) is 0 Å². The first-order valence-electron chi connectivity index (χ1n) is 12.0. The van der Waals surface area contributed by atoms with Crippen LogP contribution in [0.15, 0.2) is 0 Å². The van der Waals surface area contributed by atoms with E-state index in [0.29, 0.717) is 45.2 Å². The molecule has 1 aliphatic carbocycles. The fourth-order valence-electron chi connectivity index (χ4n) is 3.72. The fourth-order valence-corrected chi connectivity index (χ4v) is 3.72. The third kappa shape index (κ3) is 12.9. The summed E-state index contributed by atoms with van der Waals surface area (Å²) in [5.41, 5.74) is 0. The van der Waals surface area contributed by atoms with Gasteiger partial charge in [-0.2, -0.15) is 0 Å². The smallest absolute Gasteiger partial charge is 0.222 e. The third-order valence-corrected chi connectivity index (χ3v) is 5.41. The Kier molecular flexibility index (Phi) is 16.3. The van der Waals surface area contributed by atoms with Crippen LogP contribution in [0.4, 0.5) is 0 Å². The SMILES string of the molecule is CC.CC(=O)N(CCOCCOCCC(=O)NC1CCC(C(=O)C(C)C)CC1)C(C)C.[HH]. The molecule has 2 amide bonds. The Hall–Kier alpha value is -1.47. The first-order valence-corrected chi connectivity index (χ1v) is 12.0. The van der Waals surface area contributed by atoms with Gasteiger partial charge in [-0.3, -0.25) is 14.4 Å². The Balaban J connectivity index is 0. The van der Waals surface area contributed by atoms with Crippen LogP contribution >= 0.6 is 0 Å². The Bertz CT molecular complexity index is 521. The highest BCUT2D eigenvalue weighted by atomic mass is 16.5. The average Bonchev–Trinajstić information content (AvgIpc) is 2.73. The number of hydrogen-bond acceptors (Lipinski definition) is 5. The highest BCUT2D eigenvalue weighted by molar-refractivity contribution is 5.83. The van der Waals surface area contributed by atoms with Gasteiger partial charge in [0, 0.05) is 45.2 Å². The van der Waals surface area contributed by atoms with Crippen molar-refractivity contribution in [2.75, 3.05) is 33.0 Å². The van der Waals surface area contributed by atoms with E-state index in [9.17, 15) is 14.4 Å². The summed E-state index contributed by atoms with van der Waals surface area (Å²) in [6.45, 7) is 15.7. The second-order valence-electron chi connectivity index (χ2n) is 8.45. The number of hydrogen-bond donors (Lipinski definition) is 1. The highest BCUT2D eigenvalue weighted by Crippen LogP contribution is 2.27. The van der Waals surface area contributed by atoms with Crippen LogP contribution in [-0.4, -0.2) is 67.6 Å². The lowest BCUT2D eigenvalue weighted by atomic mass is 9.80. The molecule has 7 heteroatoms. The van der Waals surface area contributed by atoms with Gasteiger partial charge < -0.3 is 19.7 Å². The van der Waals surface area contributed by atoms with Crippen molar-refractivity contribution in [2.24, 2.45) is 11.8 Å². The molecule has 0 bridgehead atoms. The molecule has 31 heavy (non-hydrogen) atoms. The van der Waals surface area contributed by atoms with Crippen molar-refractivity contribution < 1.29 is 25.3 Å². The zero-order valence-corrected chi connectivity index (χ0v) is 20.9. The zero-order chi connectivity index (χ0) is 23.8. The average molecular weight is 445 g/mol. The van der Waals surface area contributed by atoms with Crippen molar-refractivity contribution >= 4 is 17.6 Å². The van der Waals surface area contributed by atoms with Gasteiger partial charge in [0.25, 0.3) is 0 Å². The third-order valence-electron chi connectivity index (χ3n) is 5.41. The van der Waals surface area contributed by atoms with Gasteiger partial charge in [-0.15, -0.1) is 0 Å². The second-order valence-corrected chi connectivity index (χ2v) is 8.45. The summed E-state index contributed by atoms with van der Waals surface area (Å²) in [7, 11) is 0. The van der Waals surface area contributed by atoms with Crippen LogP contribution in [-0.2, 0) is 23.9 Å². The number of carbonyl (C=O) groups excluding carboxylic acids is 3. The van der Waals surface area contributed by atoms with Crippen molar-refractivity contribution in [3.8, 4) is 0 Å². The lowest BCUT2D eigenvalue weighted by molar-refractivity contribution is -0.131. The maximum Gasteiger partial charge on any atom is 0.222 e. The molecule has 0 atom stereocenters. The van der Waals surface area contributed by atoms with Crippen molar-refractivity contribution in [2.45, 2.75) is 92.7 Å². The second kappa shape index (κ2) is 17.1. The normalized spacial score (nSPS) is 18.4. The molecule has 1 fully saturated rings. The first-order chi connectivity index (χ1) is 14.7. The van der Waals surface area contributed by atoms with Gasteiger partial charge in [0.1, 0.15) is 5.78 Å². The molecule has 0 radical (unpaired) electrons. The number of nitrogens with one attached hydrogen (secondary N) is 1.